The fraction of sp³-hybridized carbons (Fsp3) is 1.00. The molecule has 0 aromatic carbocycles. The molecule has 0 saturated carbocycles. The maximum Gasteiger partial charge on any atom is 0.215 e. The molecule has 3 heteroatoms. The topological polar surface area (TPSA) is 40.5 Å². The molecule has 0 rings (SSSR count). The van der Waals surface area contributed by atoms with Crippen molar-refractivity contribution in [2.75, 3.05) is 6.26 Å². The standard InChI is InChI=1S/C6H14O2S/c1-4-5(2)6(7,8)9-3/h5,7-8H,4H2,1-3H3. The SMILES string of the molecule is CCC(C)C(O)(O)SC. The van der Waals surface area contributed by atoms with Crippen molar-refractivity contribution in [1.82, 2.24) is 0 Å². The van der Waals surface area contributed by atoms with E-state index in [0.29, 0.717) is 0 Å². The Balaban J connectivity index is 3.80. The monoisotopic (exact) mass is 150 g/mol. The maximum absolute atomic E-state index is 9.11. The second-order valence-electron chi connectivity index (χ2n) is 2.17. The molecule has 1 atom stereocenters. The fourth-order valence-corrected chi connectivity index (χ4v) is 1.04. The molecule has 2 N–H and O–H groups in total. The zero-order valence-corrected chi connectivity index (χ0v) is 6.90. The Morgan fingerprint density at radius 2 is 2.00 bits per heavy atom. The predicted molar refractivity (Wildman–Crippen MR) is 40.1 cm³/mol. The molecular formula is C6H14O2S. The van der Waals surface area contributed by atoms with Gasteiger partial charge in [-0.3, -0.25) is 0 Å². The summed E-state index contributed by atoms with van der Waals surface area (Å²) in [6.45, 7) is 3.75. The highest BCUT2D eigenvalue weighted by Gasteiger charge is 2.27. The molecule has 1 unspecified atom stereocenters. The van der Waals surface area contributed by atoms with Crippen molar-refractivity contribution < 1.29 is 10.2 Å². The van der Waals surface area contributed by atoms with Crippen LogP contribution in [-0.4, -0.2) is 21.6 Å². The predicted octanol–water partition coefficient (Wildman–Crippen LogP) is 1.03. The molecule has 0 radical (unpaired) electrons. The van der Waals surface area contributed by atoms with Crippen molar-refractivity contribution in [1.29, 1.82) is 0 Å². The van der Waals surface area contributed by atoms with E-state index >= 15 is 0 Å². The summed E-state index contributed by atoms with van der Waals surface area (Å²) in [5, 5.41) is 16.7. The highest BCUT2D eigenvalue weighted by Crippen LogP contribution is 2.26. The summed E-state index contributed by atoms with van der Waals surface area (Å²) in [6, 6.07) is 0. The summed E-state index contributed by atoms with van der Waals surface area (Å²) >= 11 is 1.07. The van der Waals surface area contributed by atoms with E-state index in [0.717, 1.165) is 18.2 Å². The first kappa shape index (κ1) is 9.27. The molecule has 9 heavy (non-hydrogen) atoms. The fourth-order valence-electron chi connectivity index (χ4n) is 0.467. The van der Waals surface area contributed by atoms with E-state index < -0.39 is 5.12 Å². The number of hydrogen-bond acceptors (Lipinski definition) is 3. The van der Waals surface area contributed by atoms with Gasteiger partial charge in [0.1, 0.15) is 0 Å². The van der Waals surface area contributed by atoms with Crippen LogP contribution in [0.15, 0.2) is 0 Å². The van der Waals surface area contributed by atoms with Gasteiger partial charge in [0.05, 0.1) is 0 Å². The Morgan fingerprint density at radius 3 is 2.11 bits per heavy atom. The average molecular weight is 150 g/mol. The second kappa shape index (κ2) is 3.44. The molecule has 56 valence electrons. The van der Waals surface area contributed by atoms with Crippen LogP contribution in [0, 0.1) is 5.92 Å². The molecule has 0 saturated heterocycles. The van der Waals surface area contributed by atoms with E-state index in [4.69, 9.17) is 10.2 Å². The van der Waals surface area contributed by atoms with Crippen LogP contribution < -0.4 is 0 Å². The third-order valence-corrected chi connectivity index (χ3v) is 2.56. The summed E-state index contributed by atoms with van der Waals surface area (Å²) in [7, 11) is 0. The molecule has 0 aliphatic heterocycles. The summed E-state index contributed by atoms with van der Waals surface area (Å²) in [5.41, 5.74) is 0. The number of rotatable bonds is 3. The molecule has 0 spiro atoms. The number of hydrogen-bond donors (Lipinski definition) is 2. The van der Waals surface area contributed by atoms with Crippen molar-refractivity contribution in [3.8, 4) is 0 Å². The van der Waals surface area contributed by atoms with Gasteiger partial charge in [-0.15, -0.1) is 11.8 Å². The minimum Gasteiger partial charge on any atom is -0.357 e. The molecule has 0 bridgehead atoms. The summed E-state index contributed by atoms with van der Waals surface area (Å²) in [5.74, 6) is -0.0625. The summed E-state index contributed by atoms with van der Waals surface area (Å²) < 4.78 is 0. The molecule has 0 aromatic rings. The van der Waals surface area contributed by atoms with Crippen molar-refractivity contribution in [2.24, 2.45) is 5.92 Å². The van der Waals surface area contributed by atoms with Gasteiger partial charge in [0, 0.05) is 5.92 Å². The van der Waals surface area contributed by atoms with E-state index in [1.807, 2.05) is 13.8 Å². The van der Waals surface area contributed by atoms with Crippen LogP contribution in [0.1, 0.15) is 20.3 Å². The first-order chi connectivity index (χ1) is 4.04. The third-order valence-electron chi connectivity index (χ3n) is 1.55. The Hall–Kier alpha value is 0.270. The van der Waals surface area contributed by atoms with Gasteiger partial charge in [-0.2, -0.15) is 0 Å². The number of aliphatic hydroxyl groups is 2. The lowest BCUT2D eigenvalue weighted by Gasteiger charge is -2.24. The van der Waals surface area contributed by atoms with Crippen LogP contribution in [0.3, 0.4) is 0 Å². The lowest BCUT2D eigenvalue weighted by atomic mass is 10.1. The minimum atomic E-state index is -1.53. The number of thioether (sulfide) groups is 1. The van der Waals surface area contributed by atoms with Crippen LogP contribution >= 0.6 is 11.8 Å². The first-order valence-electron chi connectivity index (χ1n) is 3.04. The maximum atomic E-state index is 9.11. The quantitative estimate of drug-likeness (QED) is 0.590. The van der Waals surface area contributed by atoms with E-state index in [2.05, 4.69) is 0 Å². The molecule has 0 amide bonds. The van der Waals surface area contributed by atoms with Gasteiger partial charge in [0.25, 0.3) is 0 Å². The molecule has 0 aliphatic carbocycles. The van der Waals surface area contributed by atoms with Gasteiger partial charge in [-0.1, -0.05) is 13.8 Å². The molecule has 0 heterocycles. The zero-order valence-electron chi connectivity index (χ0n) is 6.09. The van der Waals surface area contributed by atoms with E-state index in [9.17, 15) is 0 Å². The van der Waals surface area contributed by atoms with Gasteiger partial charge in [0.15, 0.2) is 0 Å². The van der Waals surface area contributed by atoms with Gasteiger partial charge in [-0.25, -0.2) is 0 Å². The lowest BCUT2D eigenvalue weighted by Crippen LogP contribution is -2.31. The van der Waals surface area contributed by atoms with E-state index in [1.54, 1.807) is 6.26 Å². The molecule has 2 nitrogen and oxygen atoms in total. The normalized spacial score (nSPS) is 15.7. The molecule has 0 fully saturated rings. The van der Waals surface area contributed by atoms with Crippen molar-refractivity contribution in [2.45, 2.75) is 25.4 Å². The van der Waals surface area contributed by atoms with Crippen LogP contribution in [0.5, 0.6) is 0 Å². The van der Waals surface area contributed by atoms with E-state index in [-0.39, 0.29) is 5.92 Å². The Kier molecular flexibility index (Phi) is 3.54. The van der Waals surface area contributed by atoms with Crippen molar-refractivity contribution in [3.63, 3.8) is 0 Å². The minimum absolute atomic E-state index is 0.0625. The van der Waals surface area contributed by atoms with Crippen LogP contribution in [0.2, 0.25) is 0 Å². The lowest BCUT2D eigenvalue weighted by molar-refractivity contribution is -0.114. The van der Waals surface area contributed by atoms with Crippen molar-refractivity contribution in [3.05, 3.63) is 0 Å². The Morgan fingerprint density at radius 1 is 1.56 bits per heavy atom. The van der Waals surface area contributed by atoms with Gasteiger partial charge >= 0.3 is 0 Å². The molecule has 0 aliphatic rings. The third kappa shape index (κ3) is 2.56. The van der Waals surface area contributed by atoms with E-state index in [1.165, 1.54) is 0 Å². The Bertz CT molecular complexity index is 83.1. The average Bonchev–Trinajstić information content (AvgIpc) is 1.86. The zero-order chi connectivity index (χ0) is 7.49. The highest BCUT2D eigenvalue weighted by molar-refractivity contribution is 7.99. The second-order valence-corrected chi connectivity index (χ2v) is 3.18. The van der Waals surface area contributed by atoms with Crippen LogP contribution in [-0.2, 0) is 0 Å². The van der Waals surface area contributed by atoms with Crippen LogP contribution in [0.25, 0.3) is 0 Å². The van der Waals surface area contributed by atoms with Gasteiger partial charge in [-0.05, 0) is 12.7 Å². The van der Waals surface area contributed by atoms with Gasteiger partial charge in [0.2, 0.25) is 5.12 Å². The Labute approximate surface area is 60.3 Å². The summed E-state index contributed by atoms with van der Waals surface area (Å²) in [6.07, 6.45) is 2.47. The summed E-state index contributed by atoms with van der Waals surface area (Å²) in [4.78, 5) is 0. The molecular weight excluding hydrogens is 136 g/mol. The smallest absolute Gasteiger partial charge is 0.215 e. The largest absolute Gasteiger partial charge is 0.357 e. The highest BCUT2D eigenvalue weighted by atomic mass is 32.2. The van der Waals surface area contributed by atoms with Crippen molar-refractivity contribution >= 4 is 11.8 Å². The van der Waals surface area contributed by atoms with Crippen LogP contribution in [0.4, 0.5) is 0 Å². The van der Waals surface area contributed by atoms with Gasteiger partial charge < -0.3 is 10.2 Å². The first-order valence-corrected chi connectivity index (χ1v) is 4.27. The molecule has 0 aromatic heterocycles.